The molecule has 19 heavy (non-hydrogen) atoms. The van der Waals surface area contributed by atoms with Gasteiger partial charge in [-0.15, -0.1) is 0 Å². The molecule has 0 amide bonds. The lowest BCUT2D eigenvalue weighted by molar-refractivity contribution is -0.872. The maximum absolute atomic E-state index is 12.0. The van der Waals surface area contributed by atoms with Gasteiger partial charge in [-0.2, -0.15) is 0 Å². The number of fused-ring (bicyclic) bond motifs is 1. The molecule has 2 aromatic rings. The van der Waals surface area contributed by atoms with E-state index in [1.807, 2.05) is 34.0 Å². The minimum atomic E-state index is -0.298. The smallest absolute Gasteiger partial charge is 0.339 e. The molecule has 0 fully saturated rings. The maximum Gasteiger partial charge on any atom is 0.339 e. The topological polar surface area (TPSA) is 54.9 Å². The zero-order valence-electron chi connectivity index (χ0n) is 11.8. The third kappa shape index (κ3) is 2.36. The fourth-order valence-electron chi connectivity index (χ4n) is 2.43. The van der Waals surface area contributed by atoms with Gasteiger partial charge in [0.1, 0.15) is 12.3 Å². The summed E-state index contributed by atoms with van der Waals surface area (Å²) in [7, 11) is 3.98. The molecule has 2 rings (SSSR count). The highest BCUT2D eigenvalue weighted by Gasteiger charge is 2.17. The number of aromatic hydroxyl groups is 1. The molecule has 0 unspecified atom stereocenters. The Labute approximate surface area is 112 Å². The molecule has 0 aliphatic rings. The first-order valence-corrected chi connectivity index (χ1v) is 6.51. The van der Waals surface area contributed by atoms with Gasteiger partial charge in [-0.25, -0.2) is 4.79 Å². The van der Waals surface area contributed by atoms with Crippen LogP contribution in [0, 0.1) is 6.92 Å². The molecule has 0 spiro atoms. The summed E-state index contributed by atoms with van der Waals surface area (Å²) in [5, 5.41) is 10.9. The first-order chi connectivity index (χ1) is 8.95. The fraction of sp³-hybridized carbons (Fsp3) is 0.400. The molecule has 0 atom stereocenters. The molecule has 0 saturated heterocycles. The number of aryl methyl sites for hydroxylation is 1. The van der Waals surface area contributed by atoms with Crippen LogP contribution >= 0.6 is 0 Å². The van der Waals surface area contributed by atoms with Gasteiger partial charge in [-0.3, -0.25) is 0 Å². The van der Waals surface area contributed by atoms with Gasteiger partial charge >= 0.3 is 5.63 Å². The Kier molecular flexibility index (Phi) is 3.62. The van der Waals surface area contributed by atoms with Crippen molar-refractivity contribution < 1.29 is 14.4 Å². The zero-order chi connectivity index (χ0) is 14.2. The van der Waals surface area contributed by atoms with E-state index in [1.165, 1.54) is 0 Å². The molecule has 1 aromatic carbocycles. The predicted octanol–water partition coefficient (Wildman–Crippen LogP) is 1.01. The van der Waals surface area contributed by atoms with Crippen molar-refractivity contribution in [3.63, 3.8) is 0 Å². The third-order valence-corrected chi connectivity index (χ3v) is 3.42. The van der Waals surface area contributed by atoms with Crippen LogP contribution in [0.25, 0.3) is 11.0 Å². The summed E-state index contributed by atoms with van der Waals surface area (Å²) in [5.41, 5.74) is 2.57. The highest BCUT2D eigenvalue weighted by atomic mass is 16.4. The van der Waals surface area contributed by atoms with E-state index < -0.39 is 0 Å². The molecule has 0 aliphatic heterocycles. The van der Waals surface area contributed by atoms with Crippen molar-refractivity contribution in [2.45, 2.75) is 26.8 Å². The molecule has 1 aromatic heterocycles. The van der Waals surface area contributed by atoms with Gasteiger partial charge < -0.3 is 14.4 Å². The summed E-state index contributed by atoms with van der Waals surface area (Å²) < 4.78 is 5.45. The molecule has 102 valence electrons. The van der Waals surface area contributed by atoms with Crippen molar-refractivity contribution in [2.75, 3.05) is 14.1 Å². The van der Waals surface area contributed by atoms with Crippen LogP contribution in [0.5, 0.6) is 5.75 Å². The van der Waals surface area contributed by atoms with E-state index in [-0.39, 0.29) is 11.4 Å². The van der Waals surface area contributed by atoms with Crippen LogP contribution in [0.1, 0.15) is 23.6 Å². The number of benzene rings is 1. The number of rotatable bonds is 3. The monoisotopic (exact) mass is 262 g/mol. The van der Waals surface area contributed by atoms with Crippen molar-refractivity contribution in [1.82, 2.24) is 0 Å². The zero-order valence-corrected chi connectivity index (χ0v) is 11.8. The van der Waals surface area contributed by atoms with Crippen LogP contribution in [0.2, 0.25) is 0 Å². The molecule has 2 N–H and O–H groups in total. The van der Waals surface area contributed by atoms with Crippen LogP contribution in [-0.4, -0.2) is 19.2 Å². The average molecular weight is 262 g/mol. The predicted molar refractivity (Wildman–Crippen MR) is 74.8 cm³/mol. The van der Waals surface area contributed by atoms with Gasteiger partial charge in [0.15, 0.2) is 5.58 Å². The summed E-state index contributed by atoms with van der Waals surface area (Å²) in [6.45, 7) is 4.48. The standard InChI is InChI=1S/C15H19NO3/c1-5-10-9(2)11-6-7-13(17)12(8-16(3)4)14(11)19-15(10)18/h6-7,17H,5,8H2,1-4H3/p+1. The SMILES string of the molecule is CCc1c(C)c2ccc(O)c(C[NH+](C)C)c2oc1=O. The van der Waals surface area contributed by atoms with E-state index >= 15 is 0 Å². The molecule has 0 bridgehead atoms. The number of phenols is 1. The second-order valence-corrected chi connectivity index (χ2v) is 5.17. The van der Waals surface area contributed by atoms with E-state index in [0.717, 1.165) is 15.8 Å². The fourth-order valence-corrected chi connectivity index (χ4v) is 2.43. The Morgan fingerprint density at radius 1 is 1.26 bits per heavy atom. The van der Waals surface area contributed by atoms with Gasteiger partial charge in [0.25, 0.3) is 0 Å². The van der Waals surface area contributed by atoms with E-state index in [0.29, 0.717) is 29.7 Å². The summed E-state index contributed by atoms with van der Waals surface area (Å²) in [5.74, 6) is 0.181. The van der Waals surface area contributed by atoms with Crippen LogP contribution in [-0.2, 0) is 13.0 Å². The van der Waals surface area contributed by atoms with E-state index in [4.69, 9.17) is 4.42 Å². The average Bonchev–Trinajstić information content (AvgIpc) is 2.33. The number of nitrogens with one attached hydrogen (secondary N) is 1. The normalized spacial score (nSPS) is 11.4. The van der Waals surface area contributed by atoms with Crippen molar-refractivity contribution in [2.24, 2.45) is 0 Å². The molecule has 0 radical (unpaired) electrons. The van der Waals surface area contributed by atoms with Gasteiger partial charge in [0.05, 0.1) is 19.7 Å². The second kappa shape index (κ2) is 5.05. The largest absolute Gasteiger partial charge is 0.507 e. The van der Waals surface area contributed by atoms with Crippen molar-refractivity contribution in [3.8, 4) is 5.75 Å². The van der Waals surface area contributed by atoms with Gasteiger partial charge in [0, 0.05) is 10.9 Å². The molecular weight excluding hydrogens is 242 g/mol. The molecule has 4 nitrogen and oxygen atoms in total. The first kappa shape index (κ1) is 13.6. The Balaban J connectivity index is 2.83. The Bertz CT molecular complexity index is 671. The first-order valence-electron chi connectivity index (χ1n) is 6.51. The molecule has 1 heterocycles. The van der Waals surface area contributed by atoms with Crippen LogP contribution in [0.4, 0.5) is 0 Å². The summed E-state index contributed by atoms with van der Waals surface area (Å²) >= 11 is 0. The third-order valence-electron chi connectivity index (χ3n) is 3.42. The quantitative estimate of drug-likeness (QED) is 0.812. The van der Waals surface area contributed by atoms with E-state index in [1.54, 1.807) is 6.07 Å². The molecule has 0 aliphatic carbocycles. The van der Waals surface area contributed by atoms with Crippen molar-refractivity contribution in [3.05, 3.63) is 39.2 Å². The number of hydrogen-bond acceptors (Lipinski definition) is 3. The number of phenolic OH excluding ortho intramolecular Hbond substituents is 1. The minimum Gasteiger partial charge on any atom is -0.507 e. The maximum atomic E-state index is 12.0. The van der Waals surface area contributed by atoms with Crippen molar-refractivity contribution >= 4 is 11.0 Å². The Morgan fingerprint density at radius 2 is 1.95 bits per heavy atom. The lowest BCUT2D eigenvalue weighted by Gasteiger charge is -2.13. The lowest BCUT2D eigenvalue weighted by atomic mass is 10.0. The molecular formula is C15H20NO3+. The van der Waals surface area contributed by atoms with Crippen molar-refractivity contribution in [1.29, 1.82) is 0 Å². The number of quaternary nitrogens is 1. The minimum absolute atomic E-state index is 0.181. The van der Waals surface area contributed by atoms with Crippen LogP contribution in [0.15, 0.2) is 21.3 Å². The van der Waals surface area contributed by atoms with Gasteiger partial charge in [-0.1, -0.05) is 6.92 Å². The molecule has 4 heteroatoms. The van der Waals surface area contributed by atoms with Crippen LogP contribution < -0.4 is 10.5 Å². The van der Waals surface area contributed by atoms with E-state index in [9.17, 15) is 9.90 Å². The second-order valence-electron chi connectivity index (χ2n) is 5.17. The Hall–Kier alpha value is -1.81. The summed E-state index contributed by atoms with van der Waals surface area (Å²) in [4.78, 5) is 13.1. The Morgan fingerprint density at radius 3 is 2.53 bits per heavy atom. The number of hydrogen-bond donors (Lipinski definition) is 2. The van der Waals surface area contributed by atoms with Crippen LogP contribution in [0.3, 0.4) is 0 Å². The lowest BCUT2D eigenvalue weighted by Crippen LogP contribution is -3.04. The highest BCUT2D eigenvalue weighted by Crippen LogP contribution is 2.28. The van der Waals surface area contributed by atoms with Gasteiger partial charge in [-0.05, 0) is 31.0 Å². The summed E-state index contributed by atoms with van der Waals surface area (Å²) in [6.07, 6.45) is 0.652. The van der Waals surface area contributed by atoms with E-state index in [2.05, 4.69) is 0 Å². The summed E-state index contributed by atoms with van der Waals surface area (Å²) in [6, 6.07) is 3.49. The highest BCUT2D eigenvalue weighted by molar-refractivity contribution is 5.85. The van der Waals surface area contributed by atoms with Gasteiger partial charge in [0.2, 0.25) is 0 Å². The molecule has 0 saturated carbocycles.